The molecule has 1 aliphatic heterocycles. The van der Waals surface area contributed by atoms with E-state index in [1.54, 1.807) is 0 Å². The van der Waals surface area contributed by atoms with Crippen LogP contribution in [0.4, 0.5) is 0 Å². The molecule has 1 N–H and O–H groups in total. The first-order valence-electron chi connectivity index (χ1n) is 8.14. The van der Waals surface area contributed by atoms with Crippen molar-refractivity contribution in [3.63, 3.8) is 0 Å². The van der Waals surface area contributed by atoms with Crippen LogP contribution in [0.1, 0.15) is 38.4 Å². The summed E-state index contributed by atoms with van der Waals surface area (Å²) >= 11 is 6.39. The third kappa shape index (κ3) is 3.24. The topological polar surface area (TPSA) is 29.9 Å². The highest BCUT2D eigenvalue weighted by atomic mass is 35.5. The lowest BCUT2D eigenvalue weighted by atomic mass is 9.94. The van der Waals surface area contributed by atoms with Crippen molar-refractivity contribution in [2.45, 2.75) is 45.6 Å². The number of piperidine rings is 1. The number of imidazole rings is 1. The van der Waals surface area contributed by atoms with Crippen LogP contribution in [-0.2, 0) is 13.0 Å². The van der Waals surface area contributed by atoms with Gasteiger partial charge in [-0.05, 0) is 56.8 Å². The van der Waals surface area contributed by atoms with E-state index in [2.05, 4.69) is 22.9 Å². The number of hydrogen-bond acceptors (Lipinski definition) is 2. The Kier molecular flexibility index (Phi) is 4.81. The van der Waals surface area contributed by atoms with Crippen LogP contribution >= 0.6 is 11.6 Å². The minimum absolute atomic E-state index is 0.795. The van der Waals surface area contributed by atoms with Crippen LogP contribution in [0.15, 0.2) is 18.2 Å². The summed E-state index contributed by atoms with van der Waals surface area (Å²) in [4.78, 5) is 4.83. The van der Waals surface area contributed by atoms with Crippen LogP contribution in [0.5, 0.6) is 0 Å². The first kappa shape index (κ1) is 14.9. The molecule has 21 heavy (non-hydrogen) atoms. The molecule has 4 heteroatoms. The second kappa shape index (κ2) is 6.80. The molecule has 2 aromatic rings. The van der Waals surface area contributed by atoms with Crippen molar-refractivity contribution < 1.29 is 0 Å². The Balaban J connectivity index is 1.83. The fraction of sp³-hybridized carbons (Fsp3) is 0.588. The molecule has 3 rings (SSSR count). The van der Waals surface area contributed by atoms with E-state index < -0.39 is 0 Å². The SMILES string of the molecule is CCCn1c(CCC2CCCNC2)nc2cccc(Cl)c21. The molecule has 1 unspecified atom stereocenters. The molecule has 1 aromatic heterocycles. The number of rotatable bonds is 5. The van der Waals surface area contributed by atoms with Crippen molar-refractivity contribution in [1.82, 2.24) is 14.9 Å². The van der Waals surface area contributed by atoms with Crippen molar-refractivity contribution in [3.05, 3.63) is 29.0 Å². The smallest absolute Gasteiger partial charge is 0.109 e. The third-order valence-corrected chi connectivity index (χ3v) is 4.72. The minimum Gasteiger partial charge on any atom is -0.327 e. The number of para-hydroxylation sites is 1. The number of benzene rings is 1. The Morgan fingerprint density at radius 3 is 3.10 bits per heavy atom. The Hall–Kier alpha value is -1.06. The summed E-state index contributed by atoms with van der Waals surface area (Å²) in [5, 5.41) is 4.32. The average molecular weight is 306 g/mol. The quantitative estimate of drug-likeness (QED) is 0.904. The Morgan fingerprint density at radius 2 is 2.33 bits per heavy atom. The molecule has 1 fully saturated rings. The first-order chi connectivity index (χ1) is 10.3. The fourth-order valence-corrected chi connectivity index (χ4v) is 3.62. The summed E-state index contributed by atoms with van der Waals surface area (Å²) in [5.41, 5.74) is 2.14. The molecule has 1 aliphatic rings. The summed E-state index contributed by atoms with van der Waals surface area (Å²) in [5.74, 6) is 2.00. The molecule has 3 nitrogen and oxygen atoms in total. The summed E-state index contributed by atoms with van der Waals surface area (Å²) in [6.45, 7) is 5.55. The highest BCUT2D eigenvalue weighted by molar-refractivity contribution is 6.35. The standard InChI is InChI=1S/C17H24ClN3/c1-2-11-21-16(9-8-13-5-4-10-19-12-13)20-15-7-3-6-14(18)17(15)21/h3,6-7,13,19H,2,4-5,8-12H2,1H3. The minimum atomic E-state index is 0.795. The number of fused-ring (bicyclic) bond motifs is 1. The van der Waals surface area contributed by atoms with E-state index in [0.717, 1.165) is 47.9 Å². The van der Waals surface area contributed by atoms with Gasteiger partial charge in [-0.2, -0.15) is 0 Å². The van der Waals surface area contributed by atoms with Gasteiger partial charge >= 0.3 is 0 Å². The summed E-state index contributed by atoms with van der Waals surface area (Å²) in [6, 6.07) is 6.02. The first-order valence-corrected chi connectivity index (χ1v) is 8.51. The third-order valence-electron chi connectivity index (χ3n) is 4.42. The number of halogens is 1. The highest BCUT2D eigenvalue weighted by Gasteiger charge is 2.16. The Morgan fingerprint density at radius 1 is 1.43 bits per heavy atom. The van der Waals surface area contributed by atoms with Gasteiger partial charge in [-0.1, -0.05) is 24.6 Å². The van der Waals surface area contributed by atoms with Gasteiger partial charge in [0.25, 0.3) is 0 Å². The Bertz CT molecular complexity index is 599. The maximum Gasteiger partial charge on any atom is 0.109 e. The predicted molar refractivity (Wildman–Crippen MR) is 88.9 cm³/mol. The largest absolute Gasteiger partial charge is 0.327 e. The number of nitrogens with zero attached hydrogens (tertiary/aromatic N) is 2. The summed E-state index contributed by atoms with van der Waals surface area (Å²) < 4.78 is 2.33. The van der Waals surface area contributed by atoms with Gasteiger partial charge in [0.1, 0.15) is 5.82 Å². The molecule has 114 valence electrons. The van der Waals surface area contributed by atoms with Gasteiger partial charge < -0.3 is 9.88 Å². The average Bonchev–Trinajstić information content (AvgIpc) is 2.86. The molecule has 2 heterocycles. The second-order valence-electron chi connectivity index (χ2n) is 6.04. The molecule has 0 amide bonds. The maximum atomic E-state index is 6.39. The molecular formula is C17H24ClN3. The van der Waals surface area contributed by atoms with E-state index in [1.165, 1.54) is 31.6 Å². The molecule has 1 atom stereocenters. The van der Waals surface area contributed by atoms with Crippen molar-refractivity contribution in [1.29, 1.82) is 0 Å². The summed E-state index contributed by atoms with van der Waals surface area (Å²) in [6.07, 6.45) is 6.04. The van der Waals surface area contributed by atoms with Crippen molar-refractivity contribution in [2.75, 3.05) is 13.1 Å². The molecule has 1 saturated heterocycles. The molecule has 0 radical (unpaired) electrons. The number of nitrogens with one attached hydrogen (secondary N) is 1. The van der Waals surface area contributed by atoms with E-state index in [0.29, 0.717) is 0 Å². The van der Waals surface area contributed by atoms with Crippen LogP contribution in [0, 0.1) is 5.92 Å². The van der Waals surface area contributed by atoms with Crippen molar-refractivity contribution >= 4 is 22.6 Å². The van der Waals surface area contributed by atoms with E-state index in [1.807, 2.05) is 12.1 Å². The fourth-order valence-electron chi connectivity index (χ4n) is 3.35. The van der Waals surface area contributed by atoms with Crippen molar-refractivity contribution in [2.24, 2.45) is 5.92 Å². The molecule has 0 bridgehead atoms. The molecule has 1 aromatic carbocycles. The van der Waals surface area contributed by atoms with Crippen LogP contribution in [-0.4, -0.2) is 22.6 Å². The zero-order valence-corrected chi connectivity index (χ0v) is 13.5. The molecule has 0 aliphatic carbocycles. The molecule has 0 saturated carbocycles. The lowest BCUT2D eigenvalue weighted by Gasteiger charge is -2.22. The van der Waals surface area contributed by atoms with Crippen LogP contribution in [0.2, 0.25) is 5.02 Å². The maximum absolute atomic E-state index is 6.39. The Labute approximate surface area is 131 Å². The molecule has 0 spiro atoms. The van der Waals surface area contributed by atoms with Crippen LogP contribution in [0.3, 0.4) is 0 Å². The number of aromatic nitrogens is 2. The van der Waals surface area contributed by atoms with Gasteiger partial charge in [0, 0.05) is 13.0 Å². The van der Waals surface area contributed by atoms with E-state index in [4.69, 9.17) is 16.6 Å². The van der Waals surface area contributed by atoms with Crippen LogP contribution in [0.25, 0.3) is 11.0 Å². The van der Waals surface area contributed by atoms with Crippen LogP contribution < -0.4 is 5.32 Å². The summed E-state index contributed by atoms with van der Waals surface area (Å²) in [7, 11) is 0. The highest BCUT2D eigenvalue weighted by Crippen LogP contribution is 2.26. The van der Waals surface area contributed by atoms with E-state index in [9.17, 15) is 0 Å². The lowest BCUT2D eigenvalue weighted by molar-refractivity contribution is 0.354. The normalized spacial score (nSPS) is 19.2. The van der Waals surface area contributed by atoms with Gasteiger partial charge in [-0.15, -0.1) is 0 Å². The van der Waals surface area contributed by atoms with Gasteiger partial charge in [0.2, 0.25) is 0 Å². The number of aryl methyl sites for hydroxylation is 2. The zero-order valence-electron chi connectivity index (χ0n) is 12.7. The van der Waals surface area contributed by atoms with Gasteiger partial charge in [-0.25, -0.2) is 4.98 Å². The molecular weight excluding hydrogens is 282 g/mol. The van der Waals surface area contributed by atoms with E-state index in [-0.39, 0.29) is 0 Å². The monoisotopic (exact) mass is 305 g/mol. The predicted octanol–water partition coefficient (Wildman–Crippen LogP) is 4.03. The lowest BCUT2D eigenvalue weighted by Crippen LogP contribution is -2.30. The second-order valence-corrected chi connectivity index (χ2v) is 6.45. The van der Waals surface area contributed by atoms with Gasteiger partial charge in [0.05, 0.1) is 16.1 Å². The zero-order chi connectivity index (χ0) is 14.7. The number of hydrogen-bond donors (Lipinski definition) is 1. The van der Waals surface area contributed by atoms with E-state index >= 15 is 0 Å². The van der Waals surface area contributed by atoms with Gasteiger partial charge in [0.15, 0.2) is 0 Å². The van der Waals surface area contributed by atoms with Crippen molar-refractivity contribution in [3.8, 4) is 0 Å². The van der Waals surface area contributed by atoms with Gasteiger partial charge in [-0.3, -0.25) is 0 Å².